The lowest BCUT2D eigenvalue weighted by molar-refractivity contribution is 0.295. The molecule has 0 heterocycles. The third-order valence-corrected chi connectivity index (χ3v) is 3.52. The molecule has 1 fully saturated rings. The number of primary sulfonamides is 1. The molecule has 94 valence electrons. The molecule has 0 radical (unpaired) electrons. The van der Waals surface area contributed by atoms with Gasteiger partial charge in [-0.15, -0.1) is 0 Å². The van der Waals surface area contributed by atoms with Crippen LogP contribution in [-0.2, 0) is 10.0 Å². The highest BCUT2D eigenvalue weighted by atomic mass is 32.2. The van der Waals surface area contributed by atoms with E-state index in [1.807, 2.05) is 0 Å². The first-order chi connectivity index (χ1) is 7.89. The molecule has 1 aliphatic carbocycles. The number of ether oxygens (including phenoxy) is 1. The average Bonchev–Trinajstić information content (AvgIpc) is 2.99. The molecule has 6 heteroatoms. The smallest absolute Gasteiger partial charge is 0.243 e. The Bertz CT molecular complexity index is 522. The van der Waals surface area contributed by atoms with Gasteiger partial charge in [0.15, 0.2) is 0 Å². The van der Waals surface area contributed by atoms with Crippen molar-refractivity contribution in [2.75, 3.05) is 19.0 Å². The molecule has 1 saturated carbocycles. The zero-order valence-corrected chi connectivity index (χ0v) is 10.7. The summed E-state index contributed by atoms with van der Waals surface area (Å²) in [5.74, 6) is 0.348. The van der Waals surface area contributed by atoms with Crippen molar-refractivity contribution < 1.29 is 13.2 Å². The van der Waals surface area contributed by atoms with E-state index in [4.69, 9.17) is 9.88 Å². The third kappa shape index (κ3) is 2.70. The highest BCUT2D eigenvalue weighted by molar-refractivity contribution is 7.89. The molecular formula is C11H16N2O3S. The summed E-state index contributed by atoms with van der Waals surface area (Å²) in [5.41, 5.74) is 0.547. The molecule has 1 aromatic rings. The predicted molar refractivity (Wildman–Crippen MR) is 65.8 cm³/mol. The van der Waals surface area contributed by atoms with Crippen molar-refractivity contribution in [2.45, 2.75) is 23.8 Å². The van der Waals surface area contributed by atoms with Crippen molar-refractivity contribution in [1.82, 2.24) is 0 Å². The molecule has 5 nitrogen and oxygen atoms in total. The molecule has 0 atom stereocenters. The largest absolute Gasteiger partial charge is 0.489 e. The van der Waals surface area contributed by atoms with Gasteiger partial charge in [-0.25, -0.2) is 13.6 Å². The zero-order chi connectivity index (χ0) is 12.6. The predicted octanol–water partition coefficient (Wildman–Crippen LogP) is 0.941. The molecule has 1 aliphatic rings. The average molecular weight is 256 g/mol. The van der Waals surface area contributed by atoms with Crippen LogP contribution in [0.4, 0.5) is 5.69 Å². The Kier molecular flexibility index (Phi) is 3.01. The van der Waals surface area contributed by atoms with E-state index < -0.39 is 10.0 Å². The lowest BCUT2D eigenvalue weighted by atomic mass is 10.3. The molecule has 0 spiro atoms. The van der Waals surface area contributed by atoms with E-state index >= 15 is 0 Å². The third-order valence-electron chi connectivity index (χ3n) is 2.54. The van der Waals surface area contributed by atoms with Crippen molar-refractivity contribution in [2.24, 2.45) is 5.14 Å². The SMILES string of the molecule is CN(C)c1cccc(OC2CC2)c1S(N)(=O)=O. The molecule has 0 saturated heterocycles. The Morgan fingerprint density at radius 3 is 2.47 bits per heavy atom. The summed E-state index contributed by atoms with van der Waals surface area (Å²) < 4.78 is 28.9. The van der Waals surface area contributed by atoms with E-state index in [0.717, 1.165) is 12.8 Å². The van der Waals surface area contributed by atoms with Crippen LogP contribution in [0.25, 0.3) is 0 Å². The quantitative estimate of drug-likeness (QED) is 0.870. The van der Waals surface area contributed by atoms with Crippen LogP contribution in [0.2, 0.25) is 0 Å². The van der Waals surface area contributed by atoms with Gasteiger partial charge in [0.05, 0.1) is 11.8 Å². The van der Waals surface area contributed by atoms with Gasteiger partial charge in [-0.2, -0.15) is 0 Å². The highest BCUT2D eigenvalue weighted by Gasteiger charge is 2.28. The van der Waals surface area contributed by atoms with Gasteiger partial charge in [0, 0.05) is 14.1 Å². The Hall–Kier alpha value is -1.27. The summed E-state index contributed by atoms with van der Waals surface area (Å²) in [5, 5.41) is 5.26. The van der Waals surface area contributed by atoms with E-state index in [0.29, 0.717) is 11.4 Å². The summed E-state index contributed by atoms with van der Waals surface area (Å²) in [6, 6.07) is 5.12. The van der Waals surface area contributed by atoms with Crippen molar-refractivity contribution in [1.29, 1.82) is 0 Å². The van der Waals surface area contributed by atoms with Crippen molar-refractivity contribution >= 4 is 15.7 Å². The van der Waals surface area contributed by atoms with Gasteiger partial charge in [-0.05, 0) is 25.0 Å². The summed E-state index contributed by atoms with van der Waals surface area (Å²) >= 11 is 0. The molecule has 0 amide bonds. The van der Waals surface area contributed by atoms with Gasteiger partial charge in [-0.1, -0.05) is 6.07 Å². The van der Waals surface area contributed by atoms with Crippen LogP contribution in [-0.4, -0.2) is 28.6 Å². The fraction of sp³-hybridized carbons (Fsp3) is 0.455. The Balaban J connectivity index is 2.53. The van der Waals surface area contributed by atoms with Crippen LogP contribution in [0, 0.1) is 0 Å². The fourth-order valence-corrected chi connectivity index (χ4v) is 2.54. The highest BCUT2D eigenvalue weighted by Crippen LogP contribution is 2.35. The van der Waals surface area contributed by atoms with Crippen LogP contribution in [0.5, 0.6) is 5.75 Å². The minimum Gasteiger partial charge on any atom is -0.489 e. The maximum Gasteiger partial charge on any atom is 0.243 e. The second kappa shape index (κ2) is 4.19. The molecule has 0 aliphatic heterocycles. The number of anilines is 1. The van der Waals surface area contributed by atoms with E-state index in [1.165, 1.54) is 0 Å². The molecule has 17 heavy (non-hydrogen) atoms. The molecule has 2 N–H and O–H groups in total. The second-order valence-electron chi connectivity index (χ2n) is 4.36. The van der Waals surface area contributed by atoms with E-state index in [-0.39, 0.29) is 11.0 Å². The number of nitrogens with zero attached hydrogens (tertiary/aromatic N) is 1. The number of rotatable bonds is 4. The number of nitrogens with two attached hydrogens (primary N) is 1. The molecular weight excluding hydrogens is 240 g/mol. The summed E-state index contributed by atoms with van der Waals surface area (Å²) in [6.45, 7) is 0. The molecule has 1 aromatic carbocycles. The van der Waals surface area contributed by atoms with Crippen molar-refractivity contribution in [3.8, 4) is 5.75 Å². The Morgan fingerprint density at radius 2 is 2.00 bits per heavy atom. The first kappa shape index (κ1) is 12.2. The van der Waals surface area contributed by atoms with Crippen LogP contribution in [0.15, 0.2) is 23.1 Å². The fourth-order valence-electron chi connectivity index (χ4n) is 1.60. The lowest BCUT2D eigenvalue weighted by Crippen LogP contribution is -2.20. The summed E-state index contributed by atoms with van der Waals surface area (Å²) in [4.78, 5) is 1.77. The zero-order valence-electron chi connectivity index (χ0n) is 9.88. The first-order valence-electron chi connectivity index (χ1n) is 5.39. The van der Waals surface area contributed by atoms with Gasteiger partial charge >= 0.3 is 0 Å². The van der Waals surface area contributed by atoms with E-state index in [1.54, 1.807) is 37.2 Å². The normalized spacial score (nSPS) is 15.7. The second-order valence-corrected chi connectivity index (χ2v) is 5.86. The minimum absolute atomic E-state index is 0.0666. The summed E-state index contributed by atoms with van der Waals surface area (Å²) in [6.07, 6.45) is 2.07. The summed E-state index contributed by atoms with van der Waals surface area (Å²) in [7, 11) is -0.256. The molecule has 0 unspecified atom stereocenters. The van der Waals surface area contributed by atoms with Gasteiger partial charge in [0.2, 0.25) is 10.0 Å². The van der Waals surface area contributed by atoms with Crippen molar-refractivity contribution in [3.63, 3.8) is 0 Å². The van der Waals surface area contributed by atoms with Crippen LogP contribution >= 0.6 is 0 Å². The topological polar surface area (TPSA) is 72.6 Å². The van der Waals surface area contributed by atoms with E-state index in [9.17, 15) is 8.42 Å². The number of benzene rings is 1. The van der Waals surface area contributed by atoms with E-state index in [2.05, 4.69) is 0 Å². The lowest BCUT2D eigenvalue weighted by Gasteiger charge is -2.19. The minimum atomic E-state index is -3.79. The molecule has 2 rings (SSSR count). The number of hydrogen-bond donors (Lipinski definition) is 1. The Labute approximate surface area is 101 Å². The molecule has 0 aromatic heterocycles. The van der Waals surface area contributed by atoms with Crippen LogP contribution in [0.1, 0.15) is 12.8 Å². The van der Waals surface area contributed by atoms with Crippen molar-refractivity contribution in [3.05, 3.63) is 18.2 Å². The molecule has 0 bridgehead atoms. The Morgan fingerprint density at radius 1 is 1.35 bits per heavy atom. The van der Waals surface area contributed by atoms with Gasteiger partial charge in [-0.3, -0.25) is 0 Å². The maximum atomic E-state index is 11.7. The van der Waals surface area contributed by atoms with Crippen LogP contribution in [0.3, 0.4) is 0 Å². The van der Waals surface area contributed by atoms with Gasteiger partial charge < -0.3 is 9.64 Å². The van der Waals surface area contributed by atoms with Gasteiger partial charge in [0.1, 0.15) is 10.6 Å². The monoisotopic (exact) mass is 256 g/mol. The number of sulfonamides is 1. The maximum absolute atomic E-state index is 11.7. The van der Waals surface area contributed by atoms with Gasteiger partial charge in [0.25, 0.3) is 0 Å². The standard InChI is InChI=1S/C11H16N2O3S/c1-13(2)9-4-3-5-10(16-8-6-7-8)11(9)17(12,14)15/h3-5,8H,6-7H2,1-2H3,(H2,12,14,15). The number of hydrogen-bond acceptors (Lipinski definition) is 4. The van der Waals surface area contributed by atoms with Crippen LogP contribution < -0.4 is 14.8 Å². The first-order valence-corrected chi connectivity index (χ1v) is 6.94.